The van der Waals surface area contributed by atoms with E-state index in [1.807, 2.05) is 6.07 Å². The second-order valence-corrected chi connectivity index (χ2v) is 5.94. The van der Waals surface area contributed by atoms with Gasteiger partial charge in [-0.15, -0.1) is 0 Å². The van der Waals surface area contributed by atoms with Crippen LogP contribution in [0.1, 0.15) is 30.9 Å². The van der Waals surface area contributed by atoms with Crippen LogP contribution < -0.4 is 0 Å². The highest BCUT2D eigenvalue weighted by molar-refractivity contribution is 6.35. The lowest BCUT2D eigenvalue weighted by Gasteiger charge is -2.20. The number of fused-ring (bicyclic) bond motifs is 1. The Morgan fingerprint density at radius 2 is 1.81 bits per heavy atom. The Morgan fingerprint density at radius 3 is 2.44 bits per heavy atom. The summed E-state index contributed by atoms with van der Waals surface area (Å²) in [6.45, 7) is 0. The van der Waals surface area contributed by atoms with Gasteiger partial charge in [0.1, 0.15) is 0 Å². The molecule has 2 aliphatic rings. The van der Waals surface area contributed by atoms with Crippen molar-refractivity contribution in [3.63, 3.8) is 0 Å². The van der Waals surface area contributed by atoms with Crippen molar-refractivity contribution in [1.29, 1.82) is 0 Å². The van der Waals surface area contributed by atoms with E-state index in [0.717, 1.165) is 30.2 Å². The monoisotopic (exact) mass is 256 g/mol. The maximum Gasteiger partial charge on any atom is 0.0832 e. The third-order valence-corrected chi connectivity index (χ3v) is 4.57. The molecule has 0 aliphatic heterocycles. The Morgan fingerprint density at radius 1 is 1.12 bits per heavy atom. The Bertz CT molecular complexity index is 408. The molecule has 2 aliphatic carbocycles. The zero-order valence-electron chi connectivity index (χ0n) is 8.87. The van der Waals surface area contributed by atoms with E-state index >= 15 is 0 Å². The molecule has 3 unspecified atom stereocenters. The van der Waals surface area contributed by atoms with Crippen molar-refractivity contribution in [3.8, 4) is 0 Å². The Balaban J connectivity index is 1.80. The Labute approximate surface area is 105 Å². The molecule has 0 amide bonds. The second-order valence-electron chi connectivity index (χ2n) is 5.10. The van der Waals surface area contributed by atoms with Crippen LogP contribution in [0.5, 0.6) is 0 Å². The average Bonchev–Trinajstić information content (AvgIpc) is 2.85. The van der Waals surface area contributed by atoms with Crippen LogP contribution in [0.2, 0.25) is 10.0 Å². The molecule has 2 saturated carbocycles. The molecule has 16 heavy (non-hydrogen) atoms. The topological polar surface area (TPSA) is 20.2 Å². The molecule has 0 spiro atoms. The first-order valence-corrected chi connectivity index (χ1v) is 6.53. The van der Waals surface area contributed by atoms with Gasteiger partial charge in [0.2, 0.25) is 0 Å². The van der Waals surface area contributed by atoms with Crippen molar-refractivity contribution in [2.45, 2.75) is 25.4 Å². The summed E-state index contributed by atoms with van der Waals surface area (Å²) in [5, 5.41) is 11.5. The van der Waals surface area contributed by atoms with Gasteiger partial charge in [-0.25, -0.2) is 0 Å². The standard InChI is InChI=1S/C13H14Cl2O/c14-10-1-2-11(12(15)6-10)13(16)9-4-7-3-8(7)5-9/h1-2,6-9,13,16H,3-5H2. The van der Waals surface area contributed by atoms with Gasteiger partial charge in [-0.3, -0.25) is 0 Å². The van der Waals surface area contributed by atoms with E-state index in [4.69, 9.17) is 23.2 Å². The van der Waals surface area contributed by atoms with Gasteiger partial charge < -0.3 is 5.11 Å². The molecule has 3 heteroatoms. The van der Waals surface area contributed by atoms with Crippen molar-refractivity contribution < 1.29 is 5.11 Å². The molecule has 0 radical (unpaired) electrons. The van der Waals surface area contributed by atoms with E-state index in [1.165, 1.54) is 6.42 Å². The van der Waals surface area contributed by atoms with Gasteiger partial charge in [0.25, 0.3) is 0 Å². The zero-order valence-corrected chi connectivity index (χ0v) is 10.4. The smallest absolute Gasteiger partial charge is 0.0832 e. The zero-order chi connectivity index (χ0) is 11.3. The molecule has 86 valence electrons. The van der Waals surface area contributed by atoms with Crippen LogP contribution in [0.3, 0.4) is 0 Å². The predicted molar refractivity (Wildman–Crippen MR) is 65.7 cm³/mol. The molecular formula is C13H14Cl2O. The molecule has 3 atom stereocenters. The maximum atomic E-state index is 10.3. The highest BCUT2D eigenvalue weighted by Crippen LogP contribution is 2.57. The summed E-state index contributed by atoms with van der Waals surface area (Å²) >= 11 is 12.0. The number of aliphatic hydroxyl groups excluding tert-OH is 1. The van der Waals surface area contributed by atoms with Crippen LogP contribution in [0.4, 0.5) is 0 Å². The Hall–Kier alpha value is -0.240. The number of rotatable bonds is 2. The van der Waals surface area contributed by atoms with Gasteiger partial charge >= 0.3 is 0 Å². The van der Waals surface area contributed by atoms with Gasteiger partial charge in [-0.2, -0.15) is 0 Å². The van der Waals surface area contributed by atoms with E-state index in [1.54, 1.807) is 12.1 Å². The Kier molecular flexibility index (Phi) is 2.66. The van der Waals surface area contributed by atoms with Crippen LogP contribution in [-0.4, -0.2) is 5.11 Å². The van der Waals surface area contributed by atoms with Crippen molar-refractivity contribution in [2.75, 3.05) is 0 Å². The van der Waals surface area contributed by atoms with Gasteiger partial charge in [-0.05, 0) is 54.7 Å². The van der Waals surface area contributed by atoms with Crippen LogP contribution in [0.15, 0.2) is 18.2 Å². The van der Waals surface area contributed by atoms with E-state index in [9.17, 15) is 5.11 Å². The minimum absolute atomic E-state index is 0.391. The number of aliphatic hydroxyl groups is 1. The van der Waals surface area contributed by atoms with Crippen LogP contribution in [0, 0.1) is 17.8 Å². The third kappa shape index (κ3) is 1.85. The maximum absolute atomic E-state index is 10.3. The van der Waals surface area contributed by atoms with E-state index in [0.29, 0.717) is 16.0 Å². The predicted octanol–water partition coefficient (Wildman–Crippen LogP) is 4.07. The second kappa shape index (κ2) is 3.90. The van der Waals surface area contributed by atoms with Gasteiger partial charge in [0.15, 0.2) is 0 Å². The fraction of sp³-hybridized carbons (Fsp3) is 0.538. The highest BCUT2D eigenvalue weighted by atomic mass is 35.5. The largest absolute Gasteiger partial charge is 0.388 e. The van der Waals surface area contributed by atoms with Gasteiger partial charge in [0.05, 0.1) is 6.10 Å². The van der Waals surface area contributed by atoms with Crippen molar-refractivity contribution >= 4 is 23.2 Å². The summed E-state index contributed by atoms with van der Waals surface area (Å²) in [7, 11) is 0. The molecule has 0 saturated heterocycles. The fourth-order valence-corrected chi connectivity index (χ4v) is 3.53. The van der Waals surface area contributed by atoms with Gasteiger partial charge in [-0.1, -0.05) is 29.3 Å². The summed E-state index contributed by atoms with van der Waals surface area (Å²) in [5.41, 5.74) is 0.831. The van der Waals surface area contributed by atoms with E-state index < -0.39 is 6.10 Å². The van der Waals surface area contributed by atoms with Crippen LogP contribution in [0.25, 0.3) is 0 Å². The number of halogens is 2. The van der Waals surface area contributed by atoms with E-state index in [-0.39, 0.29) is 0 Å². The van der Waals surface area contributed by atoms with Crippen molar-refractivity contribution in [2.24, 2.45) is 17.8 Å². The number of benzene rings is 1. The normalized spacial score (nSPS) is 33.6. The lowest BCUT2D eigenvalue weighted by Crippen LogP contribution is -2.11. The van der Waals surface area contributed by atoms with Crippen LogP contribution >= 0.6 is 23.2 Å². The van der Waals surface area contributed by atoms with Crippen molar-refractivity contribution in [1.82, 2.24) is 0 Å². The third-order valence-electron chi connectivity index (χ3n) is 4.01. The number of hydrogen-bond acceptors (Lipinski definition) is 1. The molecule has 1 nitrogen and oxygen atoms in total. The van der Waals surface area contributed by atoms with Gasteiger partial charge in [0, 0.05) is 10.0 Å². The lowest BCUT2D eigenvalue weighted by molar-refractivity contribution is 0.104. The minimum Gasteiger partial charge on any atom is -0.388 e. The summed E-state index contributed by atoms with van der Waals surface area (Å²) in [6, 6.07) is 5.35. The van der Waals surface area contributed by atoms with Crippen molar-refractivity contribution in [3.05, 3.63) is 33.8 Å². The van der Waals surface area contributed by atoms with E-state index in [2.05, 4.69) is 0 Å². The molecule has 0 aromatic heterocycles. The molecule has 1 aromatic rings. The first kappa shape index (κ1) is 10.9. The average molecular weight is 257 g/mol. The fourth-order valence-electron chi connectivity index (χ4n) is 3.01. The summed E-state index contributed by atoms with van der Waals surface area (Å²) in [6.07, 6.45) is 3.27. The minimum atomic E-state index is -0.419. The molecular weight excluding hydrogens is 243 g/mol. The molecule has 2 fully saturated rings. The first-order chi connectivity index (χ1) is 7.65. The quantitative estimate of drug-likeness (QED) is 0.846. The summed E-state index contributed by atoms with van der Waals surface area (Å²) < 4.78 is 0. The lowest BCUT2D eigenvalue weighted by atomic mass is 9.91. The first-order valence-electron chi connectivity index (χ1n) is 5.78. The van der Waals surface area contributed by atoms with Crippen LogP contribution in [-0.2, 0) is 0 Å². The molecule has 1 aromatic carbocycles. The summed E-state index contributed by atoms with van der Waals surface area (Å²) in [4.78, 5) is 0. The summed E-state index contributed by atoms with van der Waals surface area (Å²) in [5.74, 6) is 2.15. The molecule has 3 rings (SSSR count). The molecule has 1 N–H and O–H groups in total. The molecule has 0 bridgehead atoms. The highest BCUT2D eigenvalue weighted by Gasteiger charge is 2.48. The number of hydrogen-bond donors (Lipinski definition) is 1. The molecule has 0 heterocycles. The SMILES string of the molecule is OC(c1ccc(Cl)cc1Cl)C1CC2CC2C1.